The number of aldehydes is 1. The zero-order valence-electron chi connectivity index (χ0n) is 10.6. The van der Waals surface area contributed by atoms with Gasteiger partial charge in [-0.3, -0.25) is 4.79 Å². The Bertz CT molecular complexity index is 484. The van der Waals surface area contributed by atoms with Crippen LogP contribution in [0.15, 0.2) is 24.3 Å². The lowest BCUT2D eigenvalue weighted by Gasteiger charge is -2.17. The molecule has 0 radical (unpaired) electrons. The molecule has 96 valence electrons. The van der Waals surface area contributed by atoms with Gasteiger partial charge in [-0.05, 0) is 44.5 Å². The molecule has 0 saturated carbocycles. The zero-order valence-corrected chi connectivity index (χ0v) is 10.6. The van der Waals surface area contributed by atoms with E-state index in [0.717, 1.165) is 0 Å². The fourth-order valence-corrected chi connectivity index (χ4v) is 1.24. The molecule has 0 spiro atoms. The van der Waals surface area contributed by atoms with Crippen LogP contribution in [-0.4, -0.2) is 17.9 Å². The van der Waals surface area contributed by atoms with Crippen LogP contribution in [0.5, 0.6) is 0 Å². The van der Waals surface area contributed by atoms with E-state index in [-0.39, 0.29) is 5.56 Å². The van der Waals surface area contributed by atoms with Crippen molar-refractivity contribution in [3.05, 3.63) is 41.2 Å². The third kappa shape index (κ3) is 4.49. The summed E-state index contributed by atoms with van der Waals surface area (Å²) >= 11 is 0. The van der Waals surface area contributed by atoms with Crippen LogP contribution in [0.25, 0.3) is 6.08 Å². The van der Waals surface area contributed by atoms with Gasteiger partial charge in [-0.1, -0.05) is 6.07 Å². The van der Waals surface area contributed by atoms with E-state index in [1.807, 2.05) is 0 Å². The molecule has 0 aliphatic rings. The van der Waals surface area contributed by atoms with Crippen molar-refractivity contribution >= 4 is 18.3 Å². The Balaban J connectivity index is 2.76. The highest BCUT2D eigenvalue weighted by atomic mass is 19.1. The highest BCUT2D eigenvalue weighted by molar-refractivity contribution is 5.87. The van der Waals surface area contributed by atoms with Gasteiger partial charge >= 0.3 is 5.97 Å². The molecule has 3 nitrogen and oxygen atoms in total. The molecule has 18 heavy (non-hydrogen) atoms. The number of halogens is 1. The Morgan fingerprint density at radius 2 is 2.00 bits per heavy atom. The number of benzene rings is 1. The molecule has 0 aliphatic carbocycles. The standard InChI is InChI=1S/C14H15FO3/c1-14(2,3)18-13(17)7-5-10-4-6-11(9-16)12(15)8-10/h4-9H,1-3H3/b7-5+. The first kappa shape index (κ1) is 14.1. The van der Waals surface area contributed by atoms with Gasteiger partial charge < -0.3 is 4.74 Å². The molecular weight excluding hydrogens is 235 g/mol. The van der Waals surface area contributed by atoms with Crippen molar-refractivity contribution in [3.63, 3.8) is 0 Å². The minimum atomic E-state index is -0.615. The van der Waals surface area contributed by atoms with E-state index in [1.54, 1.807) is 26.8 Å². The number of rotatable bonds is 3. The van der Waals surface area contributed by atoms with E-state index in [4.69, 9.17) is 4.74 Å². The number of ether oxygens (including phenoxy) is 1. The Morgan fingerprint density at radius 3 is 2.50 bits per heavy atom. The Kier molecular flexibility index (Phi) is 4.37. The molecule has 4 heteroatoms. The van der Waals surface area contributed by atoms with Crippen LogP contribution < -0.4 is 0 Å². The summed E-state index contributed by atoms with van der Waals surface area (Å²) in [5.74, 6) is -1.11. The van der Waals surface area contributed by atoms with Gasteiger partial charge in [0.2, 0.25) is 0 Å². The van der Waals surface area contributed by atoms with Crippen molar-refractivity contribution in [1.29, 1.82) is 0 Å². The molecule has 1 aromatic carbocycles. The fourth-order valence-electron chi connectivity index (χ4n) is 1.24. The summed E-state index contributed by atoms with van der Waals surface area (Å²) in [7, 11) is 0. The van der Waals surface area contributed by atoms with Crippen LogP contribution in [0.3, 0.4) is 0 Å². The summed E-state index contributed by atoms with van der Waals surface area (Å²) in [6.07, 6.45) is 3.10. The van der Waals surface area contributed by atoms with Crippen LogP contribution in [0.1, 0.15) is 36.7 Å². The minimum absolute atomic E-state index is 0.00980. The van der Waals surface area contributed by atoms with E-state index >= 15 is 0 Å². The average Bonchev–Trinajstić information content (AvgIpc) is 2.24. The van der Waals surface area contributed by atoms with Gasteiger partial charge in [0.1, 0.15) is 11.4 Å². The fraction of sp³-hybridized carbons (Fsp3) is 0.286. The van der Waals surface area contributed by atoms with Gasteiger partial charge in [0, 0.05) is 6.08 Å². The van der Waals surface area contributed by atoms with E-state index in [2.05, 4.69) is 0 Å². The van der Waals surface area contributed by atoms with E-state index in [0.29, 0.717) is 11.8 Å². The molecule has 0 bridgehead atoms. The van der Waals surface area contributed by atoms with Crippen molar-refractivity contribution in [3.8, 4) is 0 Å². The summed E-state index contributed by atoms with van der Waals surface area (Å²) < 4.78 is 18.3. The Hall–Kier alpha value is -1.97. The molecule has 0 aromatic heterocycles. The highest BCUT2D eigenvalue weighted by Crippen LogP contribution is 2.11. The highest BCUT2D eigenvalue weighted by Gasteiger charge is 2.13. The quantitative estimate of drug-likeness (QED) is 0.470. The molecule has 1 rings (SSSR count). The summed E-state index contributed by atoms with van der Waals surface area (Å²) in [4.78, 5) is 21.8. The van der Waals surface area contributed by atoms with Gasteiger partial charge in [-0.25, -0.2) is 9.18 Å². The monoisotopic (exact) mass is 250 g/mol. The second-order valence-electron chi connectivity index (χ2n) is 4.77. The number of carbonyl (C=O) groups is 2. The first-order chi connectivity index (χ1) is 8.31. The van der Waals surface area contributed by atoms with E-state index < -0.39 is 17.4 Å². The van der Waals surface area contributed by atoms with Crippen molar-refractivity contribution in [2.24, 2.45) is 0 Å². The lowest BCUT2D eigenvalue weighted by molar-refractivity contribution is -0.148. The summed E-state index contributed by atoms with van der Waals surface area (Å²) in [5.41, 5.74) is -0.0815. The predicted octanol–water partition coefficient (Wildman–Crippen LogP) is 2.99. The van der Waals surface area contributed by atoms with Crippen molar-refractivity contribution in [2.45, 2.75) is 26.4 Å². The first-order valence-electron chi connectivity index (χ1n) is 5.47. The smallest absolute Gasteiger partial charge is 0.331 e. The maximum atomic E-state index is 13.3. The molecule has 0 unspecified atom stereocenters. The van der Waals surface area contributed by atoms with Gasteiger partial charge in [0.25, 0.3) is 0 Å². The third-order valence-corrected chi connectivity index (χ3v) is 1.97. The Labute approximate surface area is 105 Å². The van der Waals surface area contributed by atoms with Crippen LogP contribution in [0.2, 0.25) is 0 Å². The lowest BCUT2D eigenvalue weighted by Crippen LogP contribution is -2.22. The van der Waals surface area contributed by atoms with Crippen LogP contribution in [0.4, 0.5) is 4.39 Å². The average molecular weight is 250 g/mol. The molecule has 0 amide bonds. The van der Waals surface area contributed by atoms with E-state index in [1.165, 1.54) is 24.3 Å². The molecule has 0 N–H and O–H groups in total. The van der Waals surface area contributed by atoms with Gasteiger partial charge in [0.15, 0.2) is 6.29 Å². The summed E-state index contributed by atoms with van der Waals surface area (Å²) in [6, 6.07) is 4.09. The van der Waals surface area contributed by atoms with Gasteiger partial charge in [0.05, 0.1) is 5.56 Å². The first-order valence-corrected chi connectivity index (χ1v) is 5.47. The van der Waals surface area contributed by atoms with Crippen LogP contribution in [0, 0.1) is 5.82 Å². The van der Waals surface area contributed by atoms with Crippen molar-refractivity contribution < 1.29 is 18.7 Å². The van der Waals surface area contributed by atoms with E-state index in [9.17, 15) is 14.0 Å². The lowest BCUT2D eigenvalue weighted by atomic mass is 10.1. The van der Waals surface area contributed by atoms with Gasteiger partial charge in [-0.2, -0.15) is 0 Å². The molecule has 0 atom stereocenters. The second kappa shape index (κ2) is 5.58. The predicted molar refractivity (Wildman–Crippen MR) is 66.7 cm³/mol. The number of hydrogen-bond donors (Lipinski definition) is 0. The molecule has 0 heterocycles. The molecule has 0 aliphatic heterocycles. The maximum Gasteiger partial charge on any atom is 0.331 e. The maximum absolute atomic E-state index is 13.3. The Morgan fingerprint density at radius 1 is 1.33 bits per heavy atom. The summed E-state index contributed by atoms with van der Waals surface area (Å²) in [5, 5.41) is 0. The molecule has 0 saturated heterocycles. The second-order valence-corrected chi connectivity index (χ2v) is 4.77. The largest absolute Gasteiger partial charge is 0.457 e. The number of carbonyl (C=O) groups excluding carboxylic acids is 2. The third-order valence-electron chi connectivity index (χ3n) is 1.97. The summed E-state index contributed by atoms with van der Waals surface area (Å²) in [6.45, 7) is 5.28. The van der Waals surface area contributed by atoms with Crippen molar-refractivity contribution in [2.75, 3.05) is 0 Å². The topological polar surface area (TPSA) is 43.4 Å². The molecular formula is C14H15FO3. The zero-order chi connectivity index (χ0) is 13.8. The normalized spacial score (nSPS) is 11.6. The number of esters is 1. The molecule has 1 aromatic rings. The van der Waals surface area contributed by atoms with Crippen LogP contribution in [-0.2, 0) is 9.53 Å². The minimum Gasteiger partial charge on any atom is -0.457 e. The van der Waals surface area contributed by atoms with Crippen molar-refractivity contribution in [1.82, 2.24) is 0 Å². The number of hydrogen-bond acceptors (Lipinski definition) is 3. The SMILES string of the molecule is CC(C)(C)OC(=O)/C=C/c1ccc(C=O)c(F)c1. The molecule has 0 fully saturated rings. The van der Waals surface area contributed by atoms with Crippen LogP contribution >= 0.6 is 0 Å². The van der Waals surface area contributed by atoms with Gasteiger partial charge in [-0.15, -0.1) is 0 Å².